The standard InChI is InChI=1S/C8H13NO/c1-2-9-6-7-4-3-5-8(7)10/h2,7,9H,1,3-6H2. The highest BCUT2D eigenvalue weighted by Crippen LogP contribution is 2.19. The van der Waals surface area contributed by atoms with Crippen LogP contribution in [0.15, 0.2) is 12.8 Å². The van der Waals surface area contributed by atoms with Gasteiger partial charge in [-0.25, -0.2) is 0 Å². The van der Waals surface area contributed by atoms with Gasteiger partial charge in [0.1, 0.15) is 5.78 Å². The molecule has 0 spiro atoms. The zero-order valence-electron chi connectivity index (χ0n) is 6.10. The Morgan fingerprint density at radius 3 is 3.10 bits per heavy atom. The molecule has 56 valence electrons. The fourth-order valence-electron chi connectivity index (χ4n) is 1.33. The molecule has 0 radical (unpaired) electrons. The van der Waals surface area contributed by atoms with Gasteiger partial charge in [-0.05, 0) is 19.0 Å². The number of hydrogen-bond donors (Lipinski definition) is 1. The molecule has 10 heavy (non-hydrogen) atoms. The van der Waals surface area contributed by atoms with E-state index >= 15 is 0 Å². The molecule has 2 heteroatoms. The second-order valence-corrected chi connectivity index (χ2v) is 2.67. The molecular weight excluding hydrogens is 126 g/mol. The van der Waals surface area contributed by atoms with Crippen molar-refractivity contribution in [3.8, 4) is 0 Å². The second kappa shape index (κ2) is 3.40. The van der Waals surface area contributed by atoms with Crippen LogP contribution >= 0.6 is 0 Å². The number of ketones is 1. The lowest BCUT2D eigenvalue weighted by molar-refractivity contribution is -0.120. The Morgan fingerprint density at radius 1 is 1.80 bits per heavy atom. The van der Waals surface area contributed by atoms with Crippen LogP contribution in [-0.4, -0.2) is 12.3 Å². The molecule has 0 heterocycles. The maximum absolute atomic E-state index is 11.0. The maximum atomic E-state index is 11.0. The van der Waals surface area contributed by atoms with Gasteiger partial charge in [0, 0.05) is 18.9 Å². The quantitative estimate of drug-likeness (QED) is 0.634. The van der Waals surface area contributed by atoms with Crippen molar-refractivity contribution < 1.29 is 4.79 Å². The Labute approximate surface area is 61.3 Å². The highest BCUT2D eigenvalue weighted by atomic mass is 16.1. The first-order valence-electron chi connectivity index (χ1n) is 3.71. The summed E-state index contributed by atoms with van der Waals surface area (Å²) in [6, 6.07) is 0. The molecule has 1 N–H and O–H groups in total. The van der Waals surface area contributed by atoms with Crippen LogP contribution in [0.25, 0.3) is 0 Å². The van der Waals surface area contributed by atoms with Crippen LogP contribution in [-0.2, 0) is 4.79 Å². The van der Waals surface area contributed by atoms with Crippen molar-refractivity contribution in [3.63, 3.8) is 0 Å². The third kappa shape index (κ3) is 1.59. The van der Waals surface area contributed by atoms with E-state index < -0.39 is 0 Å². The van der Waals surface area contributed by atoms with E-state index in [4.69, 9.17) is 0 Å². The smallest absolute Gasteiger partial charge is 0.137 e. The molecular formula is C8H13NO. The summed E-state index contributed by atoms with van der Waals surface area (Å²) >= 11 is 0. The first-order valence-corrected chi connectivity index (χ1v) is 3.71. The lowest BCUT2D eigenvalue weighted by atomic mass is 10.1. The molecule has 0 aromatic rings. The van der Waals surface area contributed by atoms with Crippen LogP contribution < -0.4 is 5.32 Å². The van der Waals surface area contributed by atoms with Crippen molar-refractivity contribution in [1.29, 1.82) is 0 Å². The fourth-order valence-corrected chi connectivity index (χ4v) is 1.33. The predicted octanol–water partition coefficient (Wildman–Crippen LogP) is 1.09. The van der Waals surface area contributed by atoms with Gasteiger partial charge in [-0.3, -0.25) is 4.79 Å². The molecule has 0 aromatic heterocycles. The minimum atomic E-state index is 0.262. The molecule has 2 nitrogen and oxygen atoms in total. The highest BCUT2D eigenvalue weighted by molar-refractivity contribution is 5.83. The van der Waals surface area contributed by atoms with Gasteiger partial charge in [0.25, 0.3) is 0 Å². The molecule has 1 atom stereocenters. The third-order valence-corrected chi connectivity index (χ3v) is 1.94. The first-order chi connectivity index (χ1) is 4.84. The minimum Gasteiger partial charge on any atom is -0.391 e. The van der Waals surface area contributed by atoms with E-state index in [9.17, 15) is 4.79 Å². The van der Waals surface area contributed by atoms with Gasteiger partial charge in [-0.1, -0.05) is 6.58 Å². The number of nitrogens with one attached hydrogen (secondary N) is 1. The normalized spacial score (nSPS) is 24.8. The summed E-state index contributed by atoms with van der Waals surface area (Å²) in [6.45, 7) is 4.30. The van der Waals surface area contributed by atoms with E-state index in [0.717, 1.165) is 25.8 Å². The van der Waals surface area contributed by atoms with Crippen LogP contribution in [0, 0.1) is 5.92 Å². The Balaban J connectivity index is 2.26. The fraction of sp³-hybridized carbons (Fsp3) is 0.625. The molecule has 0 aromatic carbocycles. The first kappa shape index (κ1) is 7.32. The molecule has 1 rings (SSSR count). The van der Waals surface area contributed by atoms with Crippen LogP contribution in [0.2, 0.25) is 0 Å². The summed E-state index contributed by atoms with van der Waals surface area (Å²) in [5.41, 5.74) is 0. The van der Waals surface area contributed by atoms with Crippen molar-refractivity contribution in [1.82, 2.24) is 5.32 Å². The van der Waals surface area contributed by atoms with Crippen molar-refractivity contribution in [2.45, 2.75) is 19.3 Å². The molecule has 0 saturated heterocycles. The van der Waals surface area contributed by atoms with Crippen LogP contribution in [0.3, 0.4) is 0 Å². The maximum Gasteiger partial charge on any atom is 0.137 e. The number of carbonyl (C=O) groups excluding carboxylic acids is 1. The minimum absolute atomic E-state index is 0.262. The summed E-state index contributed by atoms with van der Waals surface area (Å²) in [4.78, 5) is 11.0. The molecule has 0 amide bonds. The Bertz CT molecular complexity index is 142. The summed E-state index contributed by atoms with van der Waals surface area (Å²) in [7, 11) is 0. The molecule has 0 aliphatic heterocycles. The van der Waals surface area contributed by atoms with Crippen molar-refractivity contribution in [2.24, 2.45) is 5.92 Å². The van der Waals surface area contributed by atoms with Crippen molar-refractivity contribution >= 4 is 5.78 Å². The predicted molar refractivity (Wildman–Crippen MR) is 40.5 cm³/mol. The Morgan fingerprint density at radius 2 is 2.60 bits per heavy atom. The molecule has 1 saturated carbocycles. The monoisotopic (exact) mass is 139 g/mol. The van der Waals surface area contributed by atoms with E-state index in [-0.39, 0.29) is 5.92 Å². The van der Waals surface area contributed by atoms with Crippen LogP contribution in [0.1, 0.15) is 19.3 Å². The summed E-state index contributed by atoms with van der Waals surface area (Å²) in [5.74, 6) is 0.673. The van der Waals surface area contributed by atoms with Crippen LogP contribution in [0.5, 0.6) is 0 Å². The molecule has 1 unspecified atom stereocenters. The van der Waals surface area contributed by atoms with E-state index in [0.29, 0.717) is 5.78 Å². The lowest BCUT2D eigenvalue weighted by Gasteiger charge is -2.05. The molecule has 1 aliphatic carbocycles. The highest BCUT2D eigenvalue weighted by Gasteiger charge is 2.22. The number of rotatable bonds is 3. The Kier molecular flexibility index (Phi) is 2.49. The zero-order chi connectivity index (χ0) is 7.40. The molecule has 0 bridgehead atoms. The summed E-state index contributed by atoms with van der Waals surface area (Å²) in [5, 5.41) is 2.96. The zero-order valence-corrected chi connectivity index (χ0v) is 6.10. The summed E-state index contributed by atoms with van der Waals surface area (Å²) < 4.78 is 0. The average Bonchev–Trinajstić information content (AvgIpc) is 2.31. The second-order valence-electron chi connectivity index (χ2n) is 2.67. The van der Waals surface area contributed by atoms with Crippen LogP contribution in [0.4, 0.5) is 0 Å². The average molecular weight is 139 g/mol. The Hall–Kier alpha value is -0.790. The SMILES string of the molecule is C=CNCC1CCCC1=O. The van der Waals surface area contributed by atoms with Gasteiger partial charge in [0.05, 0.1) is 0 Å². The van der Waals surface area contributed by atoms with Gasteiger partial charge in [0.2, 0.25) is 0 Å². The number of carbonyl (C=O) groups is 1. The van der Waals surface area contributed by atoms with Gasteiger partial charge in [-0.15, -0.1) is 0 Å². The van der Waals surface area contributed by atoms with Crippen molar-refractivity contribution in [3.05, 3.63) is 12.8 Å². The molecule has 1 aliphatic rings. The van der Waals surface area contributed by atoms with Gasteiger partial charge >= 0.3 is 0 Å². The van der Waals surface area contributed by atoms with Gasteiger partial charge in [0.15, 0.2) is 0 Å². The van der Waals surface area contributed by atoms with E-state index in [1.807, 2.05) is 0 Å². The van der Waals surface area contributed by atoms with E-state index in [1.165, 1.54) is 0 Å². The molecule has 1 fully saturated rings. The van der Waals surface area contributed by atoms with E-state index in [2.05, 4.69) is 11.9 Å². The number of hydrogen-bond acceptors (Lipinski definition) is 2. The lowest BCUT2D eigenvalue weighted by Crippen LogP contribution is -2.20. The largest absolute Gasteiger partial charge is 0.391 e. The van der Waals surface area contributed by atoms with Crippen molar-refractivity contribution in [2.75, 3.05) is 6.54 Å². The topological polar surface area (TPSA) is 29.1 Å². The summed E-state index contributed by atoms with van der Waals surface area (Å²) in [6.07, 6.45) is 4.55. The number of Topliss-reactive ketones (excluding diaryl/α,β-unsaturated/α-hetero) is 1. The van der Waals surface area contributed by atoms with Gasteiger partial charge in [-0.2, -0.15) is 0 Å². The van der Waals surface area contributed by atoms with Gasteiger partial charge < -0.3 is 5.32 Å². The van der Waals surface area contributed by atoms with E-state index in [1.54, 1.807) is 6.20 Å². The third-order valence-electron chi connectivity index (χ3n) is 1.94.